The van der Waals surface area contributed by atoms with Crippen LogP contribution >= 0.6 is 0 Å². The Morgan fingerprint density at radius 3 is 2.48 bits per heavy atom. The minimum Gasteiger partial charge on any atom is -0.497 e. The molecule has 1 N–H and O–H groups in total. The number of hydrogen-bond donors (Lipinski definition) is 1. The van der Waals surface area contributed by atoms with Crippen LogP contribution in [-0.2, 0) is 17.8 Å². The Morgan fingerprint density at radius 1 is 0.957 bits per heavy atom. The second-order valence-electron chi connectivity index (χ2n) is 5.44. The summed E-state index contributed by atoms with van der Waals surface area (Å²) in [6.07, 6.45) is 0.386. The van der Waals surface area contributed by atoms with E-state index >= 15 is 0 Å². The minimum absolute atomic E-state index is 0.0252. The van der Waals surface area contributed by atoms with E-state index in [1.54, 1.807) is 7.11 Å². The molecule has 0 bridgehead atoms. The second kappa shape index (κ2) is 6.97. The summed E-state index contributed by atoms with van der Waals surface area (Å²) in [5.74, 6) is 0.841. The lowest BCUT2D eigenvalue weighted by molar-refractivity contribution is -0.120. The van der Waals surface area contributed by atoms with Gasteiger partial charge >= 0.3 is 0 Å². The van der Waals surface area contributed by atoms with Gasteiger partial charge < -0.3 is 10.1 Å². The quantitative estimate of drug-likeness (QED) is 0.780. The summed E-state index contributed by atoms with van der Waals surface area (Å²) in [5.41, 5.74) is 2.10. The molecule has 3 nitrogen and oxygen atoms in total. The molecule has 0 saturated carbocycles. The Bertz CT molecular complexity index is 804. The Hall–Kier alpha value is -2.81. The molecule has 1 amide bonds. The van der Waals surface area contributed by atoms with Crippen LogP contribution in [0.3, 0.4) is 0 Å². The number of amides is 1. The number of rotatable bonds is 5. The third-order valence-corrected chi connectivity index (χ3v) is 3.88. The van der Waals surface area contributed by atoms with Crippen LogP contribution in [0, 0.1) is 0 Å². The smallest absolute Gasteiger partial charge is 0.224 e. The Morgan fingerprint density at radius 2 is 1.70 bits per heavy atom. The molecular formula is C20H19NO2. The molecule has 0 aliphatic rings. The summed E-state index contributed by atoms with van der Waals surface area (Å²) in [4.78, 5) is 12.2. The number of hydrogen-bond acceptors (Lipinski definition) is 2. The Kier molecular flexibility index (Phi) is 4.57. The van der Waals surface area contributed by atoms with E-state index in [1.165, 1.54) is 0 Å². The molecule has 0 radical (unpaired) electrons. The van der Waals surface area contributed by atoms with E-state index < -0.39 is 0 Å². The van der Waals surface area contributed by atoms with Crippen LogP contribution in [0.2, 0.25) is 0 Å². The predicted molar refractivity (Wildman–Crippen MR) is 92.5 cm³/mol. The normalized spacial score (nSPS) is 10.5. The van der Waals surface area contributed by atoms with Crippen molar-refractivity contribution in [3.8, 4) is 5.75 Å². The van der Waals surface area contributed by atoms with Crippen molar-refractivity contribution in [3.05, 3.63) is 77.9 Å². The third-order valence-electron chi connectivity index (χ3n) is 3.88. The van der Waals surface area contributed by atoms with Crippen molar-refractivity contribution in [3.63, 3.8) is 0 Å². The number of ether oxygens (including phenoxy) is 1. The van der Waals surface area contributed by atoms with Gasteiger partial charge in [0.15, 0.2) is 0 Å². The van der Waals surface area contributed by atoms with Crippen LogP contribution in [0.1, 0.15) is 11.1 Å². The zero-order valence-corrected chi connectivity index (χ0v) is 13.1. The van der Waals surface area contributed by atoms with Gasteiger partial charge in [-0.2, -0.15) is 0 Å². The second-order valence-corrected chi connectivity index (χ2v) is 5.44. The molecule has 3 aromatic carbocycles. The Labute approximate surface area is 135 Å². The topological polar surface area (TPSA) is 38.3 Å². The lowest BCUT2D eigenvalue weighted by atomic mass is 10.0. The van der Waals surface area contributed by atoms with Crippen molar-refractivity contribution < 1.29 is 9.53 Å². The first kappa shape index (κ1) is 15.1. The number of fused-ring (bicyclic) bond motifs is 1. The van der Waals surface area contributed by atoms with Gasteiger partial charge in [0.1, 0.15) is 5.75 Å². The van der Waals surface area contributed by atoms with E-state index in [1.807, 2.05) is 48.5 Å². The molecule has 3 aromatic rings. The maximum absolute atomic E-state index is 12.2. The van der Waals surface area contributed by atoms with Gasteiger partial charge in [-0.05, 0) is 34.0 Å². The van der Waals surface area contributed by atoms with Crippen LogP contribution in [0.4, 0.5) is 0 Å². The van der Waals surface area contributed by atoms with Crippen molar-refractivity contribution in [1.29, 1.82) is 0 Å². The SMILES string of the molecule is COc1ccc(CNC(=O)Cc2cccc3ccccc23)cc1. The van der Waals surface area contributed by atoms with Crippen molar-refractivity contribution >= 4 is 16.7 Å². The highest BCUT2D eigenvalue weighted by Gasteiger charge is 2.06. The third kappa shape index (κ3) is 3.69. The van der Waals surface area contributed by atoms with Gasteiger partial charge in [-0.1, -0.05) is 54.6 Å². The highest BCUT2D eigenvalue weighted by Crippen LogP contribution is 2.19. The fourth-order valence-corrected chi connectivity index (χ4v) is 2.63. The highest BCUT2D eigenvalue weighted by molar-refractivity contribution is 5.90. The van der Waals surface area contributed by atoms with Gasteiger partial charge in [-0.15, -0.1) is 0 Å². The van der Waals surface area contributed by atoms with Crippen LogP contribution in [-0.4, -0.2) is 13.0 Å². The molecule has 0 heterocycles. The van der Waals surface area contributed by atoms with E-state index in [9.17, 15) is 4.79 Å². The molecule has 23 heavy (non-hydrogen) atoms. The van der Waals surface area contributed by atoms with E-state index in [-0.39, 0.29) is 5.91 Å². The molecule has 116 valence electrons. The molecule has 0 aromatic heterocycles. The van der Waals surface area contributed by atoms with Crippen molar-refractivity contribution in [2.24, 2.45) is 0 Å². The monoisotopic (exact) mass is 305 g/mol. The molecule has 0 unspecified atom stereocenters. The summed E-state index contributed by atoms with van der Waals surface area (Å²) < 4.78 is 5.13. The molecule has 0 atom stereocenters. The van der Waals surface area contributed by atoms with Gasteiger partial charge in [0.25, 0.3) is 0 Å². The lowest BCUT2D eigenvalue weighted by Gasteiger charge is -2.08. The molecular weight excluding hydrogens is 286 g/mol. The average Bonchev–Trinajstić information content (AvgIpc) is 2.61. The summed E-state index contributed by atoms with van der Waals surface area (Å²) in [5, 5.41) is 5.26. The number of methoxy groups -OCH3 is 1. The number of benzene rings is 3. The molecule has 3 rings (SSSR count). The van der Waals surface area contributed by atoms with Crippen LogP contribution in [0.25, 0.3) is 10.8 Å². The van der Waals surface area contributed by atoms with E-state index in [0.29, 0.717) is 13.0 Å². The van der Waals surface area contributed by atoms with Gasteiger partial charge in [0.05, 0.1) is 13.5 Å². The molecule has 0 fully saturated rings. The molecule has 0 saturated heterocycles. The van der Waals surface area contributed by atoms with Crippen molar-refractivity contribution in [2.75, 3.05) is 7.11 Å². The zero-order valence-electron chi connectivity index (χ0n) is 13.1. The van der Waals surface area contributed by atoms with Crippen LogP contribution < -0.4 is 10.1 Å². The first-order valence-electron chi connectivity index (χ1n) is 7.62. The first-order valence-corrected chi connectivity index (χ1v) is 7.62. The maximum Gasteiger partial charge on any atom is 0.224 e. The van der Waals surface area contributed by atoms with Gasteiger partial charge in [0.2, 0.25) is 5.91 Å². The predicted octanol–water partition coefficient (Wildman–Crippen LogP) is 3.71. The molecule has 3 heteroatoms. The molecule has 0 aliphatic heterocycles. The summed E-state index contributed by atoms with van der Waals surface area (Å²) >= 11 is 0. The highest BCUT2D eigenvalue weighted by atomic mass is 16.5. The van der Waals surface area contributed by atoms with Gasteiger partial charge in [-0.25, -0.2) is 0 Å². The summed E-state index contributed by atoms with van der Waals surface area (Å²) in [6.45, 7) is 0.521. The first-order chi connectivity index (χ1) is 11.3. The van der Waals surface area contributed by atoms with Gasteiger partial charge in [0, 0.05) is 6.54 Å². The maximum atomic E-state index is 12.2. The van der Waals surface area contributed by atoms with Crippen molar-refractivity contribution in [2.45, 2.75) is 13.0 Å². The van der Waals surface area contributed by atoms with E-state index in [0.717, 1.165) is 27.6 Å². The standard InChI is InChI=1S/C20H19NO2/c1-23-18-11-9-15(10-12-18)14-21-20(22)13-17-7-4-6-16-5-2-3-8-19(16)17/h2-12H,13-14H2,1H3,(H,21,22). The minimum atomic E-state index is 0.0252. The fourth-order valence-electron chi connectivity index (χ4n) is 2.63. The fraction of sp³-hybridized carbons (Fsp3) is 0.150. The number of carbonyl (C=O) groups is 1. The van der Waals surface area contributed by atoms with E-state index in [4.69, 9.17) is 4.74 Å². The summed E-state index contributed by atoms with van der Waals surface area (Å²) in [7, 11) is 1.64. The zero-order chi connectivity index (χ0) is 16.1. The molecule has 0 aliphatic carbocycles. The van der Waals surface area contributed by atoms with Crippen molar-refractivity contribution in [1.82, 2.24) is 5.32 Å². The summed E-state index contributed by atoms with van der Waals surface area (Å²) in [6, 6.07) is 21.9. The van der Waals surface area contributed by atoms with Gasteiger partial charge in [-0.3, -0.25) is 4.79 Å². The number of carbonyl (C=O) groups excluding carboxylic acids is 1. The molecule has 0 spiro atoms. The lowest BCUT2D eigenvalue weighted by Crippen LogP contribution is -2.24. The number of nitrogens with one attached hydrogen (secondary N) is 1. The Balaban J connectivity index is 1.64. The van der Waals surface area contributed by atoms with Crippen LogP contribution in [0.15, 0.2) is 66.7 Å². The van der Waals surface area contributed by atoms with E-state index in [2.05, 4.69) is 23.5 Å². The average molecular weight is 305 g/mol. The largest absolute Gasteiger partial charge is 0.497 e. The van der Waals surface area contributed by atoms with Crippen LogP contribution in [0.5, 0.6) is 5.75 Å².